The summed E-state index contributed by atoms with van der Waals surface area (Å²) in [6, 6.07) is 14.4. The van der Waals surface area contributed by atoms with E-state index in [4.69, 9.17) is 9.47 Å². The van der Waals surface area contributed by atoms with Crippen LogP contribution in [-0.2, 0) is 4.79 Å². The van der Waals surface area contributed by atoms with Crippen LogP contribution in [0.5, 0.6) is 17.2 Å². The lowest BCUT2D eigenvalue weighted by molar-refractivity contribution is 0.181. The molecule has 2 atom stereocenters. The number of fused-ring (bicyclic) bond motifs is 2. The van der Waals surface area contributed by atoms with Crippen molar-refractivity contribution < 1.29 is 14.3 Å². The van der Waals surface area contributed by atoms with Gasteiger partial charge in [0.05, 0.1) is 12.1 Å². The van der Waals surface area contributed by atoms with Crippen LogP contribution in [-0.4, -0.2) is 41.4 Å². The molecule has 166 valence electrons. The third-order valence-electron chi connectivity index (χ3n) is 6.73. The van der Waals surface area contributed by atoms with Gasteiger partial charge in [-0.15, -0.1) is 0 Å². The van der Waals surface area contributed by atoms with Crippen LogP contribution in [0.15, 0.2) is 53.8 Å². The molecule has 0 spiro atoms. The van der Waals surface area contributed by atoms with Gasteiger partial charge in [-0.3, -0.25) is 0 Å². The van der Waals surface area contributed by atoms with Gasteiger partial charge in [0.1, 0.15) is 5.75 Å². The van der Waals surface area contributed by atoms with Gasteiger partial charge in [-0.05, 0) is 87.0 Å². The molecule has 5 rings (SSSR count). The highest BCUT2D eigenvalue weighted by molar-refractivity contribution is 5.86. The first-order valence-electron chi connectivity index (χ1n) is 11.6. The lowest BCUT2D eigenvalue weighted by Gasteiger charge is -2.34. The summed E-state index contributed by atoms with van der Waals surface area (Å²) in [6.07, 6.45) is 9.50. The molecule has 0 aliphatic carbocycles. The van der Waals surface area contributed by atoms with Gasteiger partial charge in [0.15, 0.2) is 11.5 Å². The average Bonchev–Trinajstić information content (AvgIpc) is 3.43. The van der Waals surface area contributed by atoms with Gasteiger partial charge in [0, 0.05) is 17.6 Å². The van der Waals surface area contributed by atoms with Crippen molar-refractivity contribution in [2.45, 2.75) is 51.0 Å². The van der Waals surface area contributed by atoms with E-state index in [2.05, 4.69) is 23.0 Å². The van der Waals surface area contributed by atoms with Gasteiger partial charge in [0.25, 0.3) is 6.08 Å². The Balaban J connectivity index is 1.49. The van der Waals surface area contributed by atoms with Crippen molar-refractivity contribution in [3.05, 3.63) is 54.2 Å². The first-order valence-corrected chi connectivity index (χ1v) is 11.6. The Morgan fingerprint density at radius 3 is 2.84 bits per heavy atom. The molecular weight excluding hydrogens is 402 g/mol. The van der Waals surface area contributed by atoms with Gasteiger partial charge >= 0.3 is 0 Å². The highest BCUT2D eigenvalue weighted by Crippen LogP contribution is 2.41. The summed E-state index contributed by atoms with van der Waals surface area (Å²) in [5.41, 5.74) is 2.14. The predicted octanol–water partition coefficient (Wildman–Crippen LogP) is 5.66. The second-order valence-electron chi connectivity index (χ2n) is 8.75. The second kappa shape index (κ2) is 9.19. The minimum Gasteiger partial charge on any atom is -0.490 e. The zero-order chi connectivity index (χ0) is 21.9. The van der Waals surface area contributed by atoms with E-state index in [1.54, 1.807) is 10.8 Å². The molecule has 2 aromatic carbocycles. The molecular formula is C26H29N3O3. The lowest BCUT2D eigenvalue weighted by Crippen LogP contribution is -2.37. The summed E-state index contributed by atoms with van der Waals surface area (Å²) in [5, 5.41) is 5.01. The third-order valence-corrected chi connectivity index (χ3v) is 6.73. The SMILES string of the molecule is CCCOc1ccccc1Oc1ccc2c(c1)c(C1CCN3CCCC3C1)cn2N=C=O. The molecule has 3 heterocycles. The molecule has 2 aliphatic rings. The number of para-hydroxylation sites is 2. The fraction of sp³-hybridized carbons (Fsp3) is 0.423. The molecule has 2 saturated heterocycles. The van der Waals surface area contributed by atoms with Gasteiger partial charge in [-0.1, -0.05) is 24.2 Å². The van der Waals surface area contributed by atoms with E-state index >= 15 is 0 Å². The fourth-order valence-electron chi connectivity index (χ4n) is 5.23. The number of isocyanates is 1. The number of rotatable bonds is 7. The maximum absolute atomic E-state index is 11.0. The van der Waals surface area contributed by atoms with E-state index < -0.39 is 0 Å². The van der Waals surface area contributed by atoms with Crippen molar-refractivity contribution in [1.82, 2.24) is 9.58 Å². The van der Waals surface area contributed by atoms with Crippen LogP contribution in [0.4, 0.5) is 0 Å². The minimum atomic E-state index is 0.454. The predicted molar refractivity (Wildman–Crippen MR) is 124 cm³/mol. The molecule has 32 heavy (non-hydrogen) atoms. The minimum absolute atomic E-state index is 0.454. The number of benzene rings is 2. The van der Waals surface area contributed by atoms with E-state index in [-0.39, 0.29) is 0 Å². The number of piperidine rings is 1. The number of ether oxygens (including phenoxy) is 2. The van der Waals surface area contributed by atoms with E-state index in [1.807, 2.05) is 42.6 Å². The second-order valence-corrected chi connectivity index (χ2v) is 8.75. The van der Waals surface area contributed by atoms with Crippen molar-refractivity contribution in [2.75, 3.05) is 19.7 Å². The van der Waals surface area contributed by atoms with Crippen LogP contribution < -0.4 is 9.47 Å². The Labute approximate surface area is 188 Å². The lowest BCUT2D eigenvalue weighted by atomic mass is 9.85. The molecule has 6 heteroatoms. The number of aromatic nitrogens is 1. The highest BCUT2D eigenvalue weighted by Gasteiger charge is 2.33. The van der Waals surface area contributed by atoms with Crippen molar-refractivity contribution in [1.29, 1.82) is 0 Å². The van der Waals surface area contributed by atoms with E-state index in [9.17, 15) is 4.79 Å². The quantitative estimate of drug-likeness (QED) is 0.358. The van der Waals surface area contributed by atoms with Crippen LogP contribution in [0.25, 0.3) is 10.9 Å². The molecule has 3 aromatic rings. The number of carbonyl (C=O) groups excluding carboxylic acids is 1. The Hall–Kier alpha value is -3.08. The number of hydrogen-bond donors (Lipinski definition) is 0. The van der Waals surface area contributed by atoms with Gasteiger partial charge < -0.3 is 14.4 Å². The van der Waals surface area contributed by atoms with E-state index in [1.165, 1.54) is 24.9 Å². The van der Waals surface area contributed by atoms with Crippen molar-refractivity contribution in [3.63, 3.8) is 0 Å². The molecule has 6 nitrogen and oxygen atoms in total. The maximum Gasteiger partial charge on any atom is 0.258 e. The number of hydrogen-bond acceptors (Lipinski definition) is 5. The van der Waals surface area contributed by atoms with Crippen LogP contribution in [0.2, 0.25) is 0 Å². The van der Waals surface area contributed by atoms with Crippen molar-refractivity contribution >= 4 is 17.0 Å². The maximum atomic E-state index is 11.0. The van der Waals surface area contributed by atoms with Crippen molar-refractivity contribution in [2.24, 2.45) is 5.10 Å². The average molecular weight is 432 g/mol. The molecule has 0 saturated carbocycles. The zero-order valence-electron chi connectivity index (χ0n) is 18.5. The van der Waals surface area contributed by atoms with Crippen molar-refractivity contribution in [3.8, 4) is 17.2 Å². The van der Waals surface area contributed by atoms with Gasteiger partial charge in [0.2, 0.25) is 0 Å². The fourth-order valence-corrected chi connectivity index (χ4v) is 5.23. The molecule has 2 unspecified atom stereocenters. The van der Waals surface area contributed by atoms with Gasteiger partial charge in [-0.25, -0.2) is 9.47 Å². The Bertz CT molecular complexity index is 1150. The summed E-state index contributed by atoms with van der Waals surface area (Å²) < 4.78 is 13.7. The number of nitrogens with zero attached hydrogens (tertiary/aromatic N) is 3. The van der Waals surface area contributed by atoms with E-state index in [0.29, 0.717) is 24.3 Å². The largest absolute Gasteiger partial charge is 0.490 e. The summed E-state index contributed by atoms with van der Waals surface area (Å²) >= 11 is 0. The van der Waals surface area contributed by atoms with Gasteiger partial charge in [-0.2, -0.15) is 0 Å². The smallest absolute Gasteiger partial charge is 0.258 e. The summed E-state index contributed by atoms with van der Waals surface area (Å²) in [4.78, 5) is 13.7. The third kappa shape index (κ3) is 4.04. The molecule has 0 bridgehead atoms. The zero-order valence-corrected chi connectivity index (χ0v) is 18.5. The normalized spacial score (nSPS) is 20.7. The molecule has 0 radical (unpaired) electrons. The highest BCUT2D eigenvalue weighted by atomic mass is 16.5. The monoisotopic (exact) mass is 431 g/mol. The standard InChI is InChI=1S/C26H29N3O3/c1-2-14-31-25-7-3-4-8-26(25)32-21-9-10-24-22(16-21)23(17-29(24)27-18-30)19-11-13-28-12-5-6-20(28)15-19/h3-4,7-10,16-17,19-20H,2,5-6,11-15H2,1H3. The Kier molecular flexibility index (Phi) is 5.97. The van der Waals surface area contributed by atoms with Crippen LogP contribution in [0.3, 0.4) is 0 Å². The summed E-state index contributed by atoms with van der Waals surface area (Å²) in [5.74, 6) is 2.64. The summed E-state index contributed by atoms with van der Waals surface area (Å²) in [7, 11) is 0. The Morgan fingerprint density at radius 2 is 2.00 bits per heavy atom. The molecule has 0 N–H and O–H groups in total. The molecule has 0 amide bonds. The van der Waals surface area contributed by atoms with Crippen LogP contribution in [0, 0.1) is 0 Å². The summed E-state index contributed by atoms with van der Waals surface area (Å²) in [6.45, 7) is 5.10. The molecule has 2 aliphatic heterocycles. The van der Waals surface area contributed by atoms with Crippen LogP contribution >= 0.6 is 0 Å². The van der Waals surface area contributed by atoms with Crippen LogP contribution in [0.1, 0.15) is 50.5 Å². The molecule has 1 aromatic heterocycles. The topological polar surface area (TPSA) is 56.1 Å². The molecule has 2 fully saturated rings. The van der Waals surface area contributed by atoms with E-state index in [0.717, 1.165) is 48.2 Å². The Morgan fingerprint density at radius 1 is 1.12 bits per heavy atom. The first kappa shape index (κ1) is 20.8. The first-order chi connectivity index (χ1) is 15.8.